The van der Waals surface area contributed by atoms with Gasteiger partial charge in [-0.1, -0.05) is 55.8 Å². The van der Waals surface area contributed by atoms with Gasteiger partial charge in [0, 0.05) is 12.6 Å². The van der Waals surface area contributed by atoms with Gasteiger partial charge in [0.15, 0.2) is 6.61 Å². The molecule has 2 aromatic rings. The topological polar surface area (TPSA) is 102 Å². The number of esters is 1. The Balaban J connectivity index is 2.06. The number of sulfonamides is 1. The van der Waals surface area contributed by atoms with Gasteiger partial charge in [-0.05, 0) is 36.6 Å². The lowest BCUT2D eigenvalue weighted by Gasteiger charge is -2.14. The molecule has 0 unspecified atom stereocenters. The molecule has 0 aliphatic heterocycles. The minimum Gasteiger partial charge on any atom is -0.452 e. The van der Waals surface area contributed by atoms with Crippen LogP contribution in [0.25, 0.3) is 0 Å². The number of carbonyl (C=O) groups excluding carboxylic acids is 2. The van der Waals surface area contributed by atoms with Gasteiger partial charge in [0.05, 0.1) is 10.6 Å². The molecule has 9 heteroatoms. The second-order valence-electron chi connectivity index (χ2n) is 6.61. The maximum absolute atomic E-state index is 12.6. The Kier molecular flexibility index (Phi) is 8.83. The van der Waals surface area contributed by atoms with Crippen LogP contribution in [0, 0.1) is 0 Å². The van der Waals surface area contributed by atoms with E-state index in [4.69, 9.17) is 16.3 Å². The van der Waals surface area contributed by atoms with Gasteiger partial charge in [-0.15, -0.1) is 0 Å². The second kappa shape index (κ2) is 11.1. The highest BCUT2D eigenvalue weighted by atomic mass is 35.5. The van der Waals surface area contributed by atoms with E-state index in [1.165, 1.54) is 12.1 Å². The van der Waals surface area contributed by atoms with E-state index in [-0.39, 0.29) is 28.1 Å². The lowest BCUT2D eigenvalue weighted by Crippen LogP contribution is -2.36. The van der Waals surface area contributed by atoms with Crippen LogP contribution in [0.15, 0.2) is 53.4 Å². The fraction of sp³-hybridized carbons (Fsp3) is 0.333. The smallest absolute Gasteiger partial charge is 0.338 e. The predicted octanol–water partition coefficient (Wildman–Crippen LogP) is 3.28. The molecule has 0 atom stereocenters. The Labute approximate surface area is 181 Å². The number of benzene rings is 2. The van der Waals surface area contributed by atoms with Crippen molar-refractivity contribution >= 4 is 33.5 Å². The highest BCUT2D eigenvalue weighted by Crippen LogP contribution is 2.23. The second-order valence-corrected chi connectivity index (χ2v) is 8.75. The van der Waals surface area contributed by atoms with Gasteiger partial charge in [0.1, 0.15) is 4.90 Å². The lowest BCUT2D eigenvalue weighted by molar-refractivity contribution is -0.125. The minimum atomic E-state index is -3.97. The van der Waals surface area contributed by atoms with Crippen LogP contribution in [0.2, 0.25) is 5.02 Å². The largest absolute Gasteiger partial charge is 0.452 e. The highest BCUT2D eigenvalue weighted by molar-refractivity contribution is 7.89. The third-order valence-corrected chi connectivity index (χ3v) is 6.33. The molecule has 0 bridgehead atoms. The number of ether oxygens (including phenoxy) is 1. The lowest BCUT2D eigenvalue weighted by atomic mass is 10.2. The van der Waals surface area contributed by atoms with Crippen molar-refractivity contribution in [3.05, 3.63) is 64.7 Å². The molecule has 0 aliphatic rings. The molecule has 0 spiro atoms. The van der Waals surface area contributed by atoms with Crippen LogP contribution in [0.5, 0.6) is 0 Å². The highest BCUT2D eigenvalue weighted by Gasteiger charge is 2.21. The van der Waals surface area contributed by atoms with Crippen molar-refractivity contribution in [2.24, 2.45) is 0 Å². The average Bonchev–Trinajstić information content (AvgIpc) is 2.75. The van der Waals surface area contributed by atoms with Crippen molar-refractivity contribution in [1.29, 1.82) is 0 Å². The van der Waals surface area contributed by atoms with E-state index in [0.717, 1.165) is 24.5 Å². The fourth-order valence-corrected chi connectivity index (χ4v) is 4.21. The summed E-state index contributed by atoms with van der Waals surface area (Å²) in [4.78, 5) is 23.9. The molecular weight excluding hydrogens is 428 g/mol. The third kappa shape index (κ3) is 6.83. The normalized spacial score (nSPS) is 11.3. The molecule has 2 rings (SSSR count). The quantitative estimate of drug-likeness (QED) is 0.538. The van der Waals surface area contributed by atoms with Crippen LogP contribution < -0.4 is 10.0 Å². The molecule has 2 aromatic carbocycles. The van der Waals surface area contributed by atoms with Crippen LogP contribution in [-0.4, -0.2) is 32.9 Å². The van der Waals surface area contributed by atoms with E-state index in [0.29, 0.717) is 0 Å². The van der Waals surface area contributed by atoms with E-state index < -0.39 is 28.5 Å². The van der Waals surface area contributed by atoms with Crippen molar-refractivity contribution in [3.63, 3.8) is 0 Å². The Morgan fingerprint density at radius 1 is 1.07 bits per heavy atom. The molecule has 0 saturated heterocycles. The summed E-state index contributed by atoms with van der Waals surface area (Å²) in [5.41, 5.74) is 0.756. The zero-order valence-electron chi connectivity index (χ0n) is 16.9. The zero-order chi connectivity index (χ0) is 22.1. The van der Waals surface area contributed by atoms with Crippen molar-refractivity contribution in [2.45, 2.75) is 44.2 Å². The molecule has 30 heavy (non-hydrogen) atoms. The Morgan fingerprint density at radius 3 is 2.37 bits per heavy atom. The number of nitrogens with one attached hydrogen (secondary N) is 2. The molecule has 0 aliphatic carbocycles. The Hall–Kier alpha value is -2.42. The van der Waals surface area contributed by atoms with Crippen LogP contribution in [-0.2, 0) is 26.1 Å². The van der Waals surface area contributed by atoms with Crippen LogP contribution in [0.4, 0.5) is 0 Å². The molecule has 0 radical (unpaired) electrons. The van der Waals surface area contributed by atoms with Gasteiger partial charge in [0.2, 0.25) is 10.0 Å². The molecule has 162 valence electrons. The van der Waals surface area contributed by atoms with Crippen LogP contribution >= 0.6 is 11.6 Å². The summed E-state index contributed by atoms with van der Waals surface area (Å²) in [5, 5.41) is 2.73. The summed E-state index contributed by atoms with van der Waals surface area (Å²) in [6.07, 6.45) is 1.54. The summed E-state index contributed by atoms with van der Waals surface area (Å²) in [5.74, 6) is -1.23. The van der Waals surface area contributed by atoms with Gasteiger partial charge < -0.3 is 10.1 Å². The van der Waals surface area contributed by atoms with Gasteiger partial charge in [-0.3, -0.25) is 4.79 Å². The SMILES string of the molecule is CCC(CC)NC(=O)COC(=O)c1ccc(Cl)c(S(=O)(=O)NCc2ccccc2)c1. The summed E-state index contributed by atoms with van der Waals surface area (Å²) in [6, 6.07) is 12.8. The van der Waals surface area contributed by atoms with E-state index >= 15 is 0 Å². The molecule has 0 aromatic heterocycles. The first-order valence-electron chi connectivity index (χ1n) is 9.56. The molecule has 7 nitrogen and oxygen atoms in total. The maximum atomic E-state index is 12.6. The molecular formula is C21H25ClN2O5S. The Morgan fingerprint density at radius 2 is 1.73 bits per heavy atom. The van der Waals surface area contributed by atoms with Crippen molar-refractivity contribution in [3.8, 4) is 0 Å². The minimum absolute atomic E-state index is 0.0131. The van der Waals surface area contributed by atoms with Crippen molar-refractivity contribution in [1.82, 2.24) is 10.0 Å². The van der Waals surface area contributed by atoms with Crippen molar-refractivity contribution in [2.75, 3.05) is 6.61 Å². The van der Waals surface area contributed by atoms with E-state index in [1.54, 1.807) is 24.3 Å². The number of halogens is 1. The van der Waals surface area contributed by atoms with Crippen molar-refractivity contribution < 1.29 is 22.7 Å². The average molecular weight is 453 g/mol. The summed E-state index contributed by atoms with van der Waals surface area (Å²) in [6.45, 7) is 3.51. The Bertz CT molecular complexity index is 976. The third-order valence-electron chi connectivity index (χ3n) is 4.45. The fourth-order valence-electron chi connectivity index (χ4n) is 2.66. The molecule has 0 saturated carbocycles. The van der Waals surface area contributed by atoms with Gasteiger partial charge in [-0.2, -0.15) is 0 Å². The molecule has 2 N–H and O–H groups in total. The molecule has 0 fully saturated rings. The van der Waals surface area contributed by atoms with Gasteiger partial charge >= 0.3 is 5.97 Å². The summed E-state index contributed by atoms with van der Waals surface area (Å²) >= 11 is 6.05. The first kappa shape index (κ1) is 23.9. The van der Waals surface area contributed by atoms with Crippen LogP contribution in [0.3, 0.4) is 0 Å². The first-order valence-corrected chi connectivity index (χ1v) is 11.4. The number of amides is 1. The number of rotatable bonds is 10. The standard InChI is InChI=1S/C21H25ClN2O5S/c1-3-17(4-2)24-20(25)14-29-21(26)16-10-11-18(22)19(12-16)30(27,28)23-13-15-8-6-5-7-9-15/h5-12,17,23H,3-4,13-14H2,1-2H3,(H,24,25). The monoisotopic (exact) mass is 452 g/mol. The van der Waals surface area contributed by atoms with Gasteiger partial charge in [-0.25, -0.2) is 17.9 Å². The van der Waals surface area contributed by atoms with E-state index in [2.05, 4.69) is 10.0 Å². The maximum Gasteiger partial charge on any atom is 0.338 e. The van der Waals surface area contributed by atoms with Gasteiger partial charge in [0.25, 0.3) is 5.91 Å². The first-order chi connectivity index (χ1) is 14.3. The summed E-state index contributed by atoms with van der Waals surface area (Å²) < 4.78 is 32.7. The van der Waals surface area contributed by atoms with E-state index in [9.17, 15) is 18.0 Å². The predicted molar refractivity (Wildman–Crippen MR) is 115 cm³/mol. The molecule has 0 heterocycles. The zero-order valence-corrected chi connectivity index (χ0v) is 18.4. The summed E-state index contributed by atoms with van der Waals surface area (Å²) in [7, 11) is -3.97. The van der Waals surface area contributed by atoms with E-state index in [1.807, 2.05) is 19.9 Å². The van der Waals surface area contributed by atoms with Crippen LogP contribution in [0.1, 0.15) is 42.6 Å². The number of hydrogen-bond donors (Lipinski definition) is 2. The number of carbonyl (C=O) groups is 2. The molecule has 1 amide bonds. The number of hydrogen-bond acceptors (Lipinski definition) is 5.